The zero-order valence-electron chi connectivity index (χ0n) is 8.23. The van der Waals surface area contributed by atoms with Crippen LogP contribution in [0.5, 0.6) is 0 Å². The number of nitrogens with one attached hydrogen (secondary N) is 1. The Balaban J connectivity index is 1.73. The first kappa shape index (κ1) is 11.2. The molecule has 0 spiro atoms. The molecule has 0 bridgehead atoms. The molecule has 1 heterocycles. The molecule has 1 aliphatic carbocycles. The molecular weight excluding hydrogens is 250 g/mol. The Morgan fingerprint density at radius 2 is 2.27 bits per heavy atom. The molecule has 7 heteroatoms. The summed E-state index contributed by atoms with van der Waals surface area (Å²) in [6.45, 7) is 0. The Labute approximate surface area is 101 Å². The number of hydrogen-bond donors (Lipinski definition) is 1. The van der Waals surface area contributed by atoms with Gasteiger partial charge in [-0.25, -0.2) is 0 Å². The third-order valence-corrected chi connectivity index (χ3v) is 4.86. The van der Waals surface area contributed by atoms with Gasteiger partial charge in [-0.15, -0.1) is 10.2 Å². The van der Waals surface area contributed by atoms with Crippen molar-refractivity contribution >= 4 is 40.8 Å². The van der Waals surface area contributed by atoms with Crippen LogP contribution in [-0.4, -0.2) is 34.2 Å². The van der Waals surface area contributed by atoms with Crippen LogP contribution in [0.25, 0.3) is 0 Å². The van der Waals surface area contributed by atoms with E-state index in [0.29, 0.717) is 11.8 Å². The predicted octanol–water partition coefficient (Wildman–Crippen LogP) is 1.63. The minimum atomic E-state index is 0.100. The summed E-state index contributed by atoms with van der Waals surface area (Å²) in [5.74, 6) is 0.544. The summed E-state index contributed by atoms with van der Waals surface area (Å²) in [6.07, 6.45) is 4.23. The Morgan fingerprint density at radius 3 is 2.87 bits per heavy atom. The van der Waals surface area contributed by atoms with Crippen molar-refractivity contribution in [1.82, 2.24) is 15.5 Å². The first-order valence-electron chi connectivity index (χ1n) is 4.57. The average molecular weight is 261 g/mol. The number of hydrogen-bond acceptors (Lipinski definition) is 6. The standard InChI is InChI=1S/C8H11N3OS3/c1-13-7-10-11-8(15-7)14-4-6(12)9-5-2-3-5/h5H,2-4H2,1H3,(H,9,12). The second-order valence-corrected chi connectivity index (χ2v) is 6.42. The normalized spacial score (nSPS) is 15.3. The molecule has 0 aromatic carbocycles. The Kier molecular flexibility index (Phi) is 3.87. The molecule has 0 saturated heterocycles. The fourth-order valence-electron chi connectivity index (χ4n) is 0.962. The lowest BCUT2D eigenvalue weighted by atomic mass is 10.6. The topological polar surface area (TPSA) is 54.9 Å². The molecule has 1 N–H and O–H groups in total. The quantitative estimate of drug-likeness (QED) is 0.817. The van der Waals surface area contributed by atoms with Gasteiger partial charge in [0.1, 0.15) is 0 Å². The second kappa shape index (κ2) is 5.18. The lowest BCUT2D eigenvalue weighted by Crippen LogP contribution is -2.26. The van der Waals surface area contributed by atoms with Crippen molar-refractivity contribution in [2.24, 2.45) is 0 Å². The fourth-order valence-corrected chi connectivity index (χ4v) is 3.21. The summed E-state index contributed by atoms with van der Waals surface area (Å²) in [5.41, 5.74) is 0. The van der Waals surface area contributed by atoms with E-state index < -0.39 is 0 Å². The van der Waals surface area contributed by atoms with Crippen molar-refractivity contribution in [2.45, 2.75) is 27.6 Å². The number of rotatable bonds is 5. The summed E-state index contributed by atoms with van der Waals surface area (Å²) in [7, 11) is 0. The van der Waals surface area contributed by atoms with E-state index in [1.807, 2.05) is 6.26 Å². The first-order valence-corrected chi connectivity index (χ1v) is 7.60. The maximum atomic E-state index is 11.4. The van der Waals surface area contributed by atoms with Crippen molar-refractivity contribution < 1.29 is 4.79 Å². The van der Waals surface area contributed by atoms with E-state index in [9.17, 15) is 4.79 Å². The van der Waals surface area contributed by atoms with E-state index in [2.05, 4.69) is 15.5 Å². The van der Waals surface area contributed by atoms with Gasteiger partial charge in [-0.3, -0.25) is 4.79 Å². The van der Waals surface area contributed by atoms with Gasteiger partial charge in [-0.05, 0) is 19.1 Å². The van der Waals surface area contributed by atoms with E-state index >= 15 is 0 Å². The van der Waals surface area contributed by atoms with E-state index in [1.54, 1.807) is 11.8 Å². The summed E-state index contributed by atoms with van der Waals surface area (Å²) in [5, 5.41) is 10.9. The monoisotopic (exact) mass is 261 g/mol. The molecule has 4 nitrogen and oxygen atoms in total. The number of nitrogens with zero attached hydrogens (tertiary/aromatic N) is 2. The van der Waals surface area contributed by atoms with Gasteiger partial charge in [0.2, 0.25) is 5.91 Å². The SMILES string of the molecule is CSc1nnc(SCC(=O)NC2CC2)s1. The lowest BCUT2D eigenvalue weighted by Gasteiger charge is -1.99. The van der Waals surface area contributed by atoms with Gasteiger partial charge in [-0.1, -0.05) is 34.9 Å². The lowest BCUT2D eigenvalue weighted by molar-refractivity contribution is -0.118. The molecule has 0 atom stereocenters. The summed E-state index contributed by atoms with van der Waals surface area (Å²) >= 11 is 4.56. The van der Waals surface area contributed by atoms with Crippen molar-refractivity contribution in [3.63, 3.8) is 0 Å². The Hall–Kier alpha value is -0.270. The van der Waals surface area contributed by atoms with Crippen LogP contribution in [-0.2, 0) is 4.79 Å². The highest BCUT2D eigenvalue weighted by molar-refractivity contribution is 8.03. The molecule has 1 aromatic heterocycles. The number of aromatic nitrogens is 2. The highest BCUT2D eigenvalue weighted by atomic mass is 32.2. The molecule has 0 unspecified atom stereocenters. The van der Waals surface area contributed by atoms with E-state index in [0.717, 1.165) is 21.5 Å². The highest BCUT2D eigenvalue weighted by Crippen LogP contribution is 2.27. The Morgan fingerprint density at radius 1 is 1.53 bits per heavy atom. The maximum absolute atomic E-state index is 11.4. The molecule has 1 aromatic rings. The van der Waals surface area contributed by atoms with Crippen LogP contribution in [0, 0.1) is 0 Å². The van der Waals surface area contributed by atoms with Gasteiger partial charge >= 0.3 is 0 Å². The third kappa shape index (κ3) is 3.66. The van der Waals surface area contributed by atoms with Crippen LogP contribution < -0.4 is 5.32 Å². The van der Waals surface area contributed by atoms with Crippen LogP contribution in [0.4, 0.5) is 0 Å². The van der Waals surface area contributed by atoms with Crippen molar-refractivity contribution in [1.29, 1.82) is 0 Å². The molecule has 0 aliphatic heterocycles. The molecule has 1 fully saturated rings. The molecular formula is C8H11N3OS3. The number of carbonyl (C=O) groups is 1. The molecule has 2 rings (SSSR count). The van der Waals surface area contributed by atoms with Gasteiger partial charge in [0, 0.05) is 6.04 Å². The number of carbonyl (C=O) groups excluding carboxylic acids is 1. The second-order valence-electron chi connectivity index (χ2n) is 3.17. The molecule has 1 aliphatic rings. The Bertz CT molecular complexity index is 351. The van der Waals surface area contributed by atoms with Gasteiger partial charge in [0.25, 0.3) is 0 Å². The van der Waals surface area contributed by atoms with Gasteiger partial charge in [0.05, 0.1) is 5.75 Å². The minimum Gasteiger partial charge on any atom is -0.353 e. The molecule has 0 radical (unpaired) electrons. The van der Waals surface area contributed by atoms with Crippen molar-refractivity contribution in [3.8, 4) is 0 Å². The number of thioether (sulfide) groups is 2. The van der Waals surface area contributed by atoms with Crippen molar-refractivity contribution in [3.05, 3.63) is 0 Å². The average Bonchev–Trinajstić information content (AvgIpc) is 2.92. The van der Waals surface area contributed by atoms with Crippen LogP contribution in [0.3, 0.4) is 0 Å². The zero-order valence-corrected chi connectivity index (χ0v) is 10.7. The predicted molar refractivity (Wildman–Crippen MR) is 63.6 cm³/mol. The first-order chi connectivity index (χ1) is 7.28. The van der Waals surface area contributed by atoms with Crippen LogP contribution in [0.1, 0.15) is 12.8 Å². The highest BCUT2D eigenvalue weighted by Gasteiger charge is 2.23. The van der Waals surface area contributed by atoms with Crippen molar-refractivity contribution in [2.75, 3.05) is 12.0 Å². The third-order valence-electron chi connectivity index (χ3n) is 1.83. The molecule has 82 valence electrons. The smallest absolute Gasteiger partial charge is 0.230 e. The fraction of sp³-hybridized carbons (Fsp3) is 0.625. The maximum Gasteiger partial charge on any atom is 0.230 e. The van der Waals surface area contributed by atoms with E-state index in [-0.39, 0.29) is 5.91 Å². The zero-order chi connectivity index (χ0) is 10.7. The summed E-state index contributed by atoms with van der Waals surface area (Å²) in [4.78, 5) is 11.4. The summed E-state index contributed by atoms with van der Waals surface area (Å²) < 4.78 is 1.81. The van der Waals surface area contributed by atoms with E-state index in [1.165, 1.54) is 23.1 Å². The van der Waals surface area contributed by atoms with Gasteiger partial charge in [-0.2, -0.15) is 0 Å². The van der Waals surface area contributed by atoms with Gasteiger partial charge in [0.15, 0.2) is 8.68 Å². The van der Waals surface area contributed by atoms with Gasteiger partial charge < -0.3 is 5.32 Å². The summed E-state index contributed by atoms with van der Waals surface area (Å²) in [6, 6.07) is 0.439. The van der Waals surface area contributed by atoms with E-state index in [4.69, 9.17) is 0 Å². The molecule has 1 saturated carbocycles. The molecule has 1 amide bonds. The van der Waals surface area contributed by atoms with Crippen LogP contribution in [0.2, 0.25) is 0 Å². The van der Waals surface area contributed by atoms with Crippen LogP contribution in [0.15, 0.2) is 8.68 Å². The largest absolute Gasteiger partial charge is 0.353 e. The number of amides is 1. The minimum absolute atomic E-state index is 0.100. The van der Waals surface area contributed by atoms with Crippen LogP contribution >= 0.6 is 34.9 Å². The molecule has 15 heavy (non-hydrogen) atoms.